The Labute approximate surface area is 290 Å². The van der Waals surface area contributed by atoms with Gasteiger partial charge in [-0.1, -0.05) is 31.0 Å². The molecule has 4 unspecified atom stereocenters. The summed E-state index contributed by atoms with van der Waals surface area (Å²) in [4.78, 5) is 47.4. The number of piperidine rings is 1. The third kappa shape index (κ3) is 9.53. The molecule has 11 nitrogen and oxygen atoms in total. The number of aromatic amines is 1. The fourth-order valence-electron chi connectivity index (χ4n) is 7.70. The molecule has 2 aliphatic heterocycles. The molecule has 1 saturated carbocycles. The number of carbonyl (C=O) groups excluding carboxylic acids is 3. The lowest BCUT2D eigenvalue weighted by molar-refractivity contribution is -0.142. The van der Waals surface area contributed by atoms with Crippen molar-refractivity contribution in [2.24, 2.45) is 23.3 Å². The van der Waals surface area contributed by atoms with Crippen molar-refractivity contribution in [3.8, 4) is 0 Å². The number of H-pyrrole nitrogens is 1. The number of thioether (sulfide) groups is 1. The first-order chi connectivity index (χ1) is 23.4. The number of aromatic nitrogens is 1. The van der Waals surface area contributed by atoms with Gasteiger partial charge in [0.25, 0.3) is 0 Å². The first-order valence-corrected chi connectivity index (χ1v) is 19.3. The number of nitrogens with zero attached hydrogens (tertiary/aromatic N) is 1. The normalized spacial score (nSPS) is 29.9. The van der Waals surface area contributed by atoms with Gasteiger partial charge in [0, 0.05) is 48.9 Å². The van der Waals surface area contributed by atoms with E-state index < -0.39 is 18.1 Å². The molecule has 266 valence electrons. The maximum atomic E-state index is 14.4. The van der Waals surface area contributed by atoms with Crippen LogP contribution in [-0.4, -0.2) is 96.1 Å². The molecule has 12 heteroatoms. The first kappa shape index (κ1) is 36.6. The molecule has 0 spiro atoms. The predicted octanol–water partition coefficient (Wildman–Crippen LogP) is 2.60. The lowest BCUT2D eigenvalue weighted by Gasteiger charge is -2.39. The van der Waals surface area contributed by atoms with Crippen molar-refractivity contribution in [1.29, 1.82) is 0 Å². The molecular weight excluding hydrogens is 625 g/mol. The molecule has 3 amide bonds. The van der Waals surface area contributed by atoms with E-state index in [0.717, 1.165) is 61.7 Å². The average Bonchev–Trinajstić information content (AvgIpc) is 3.52. The van der Waals surface area contributed by atoms with Crippen molar-refractivity contribution in [3.05, 3.63) is 36.0 Å². The summed E-state index contributed by atoms with van der Waals surface area (Å²) in [5, 5.41) is 15.6. The molecule has 3 heterocycles. The van der Waals surface area contributed by atoms with Crippen molar-refractivity contribution in [2.45, 2.75) is 106 Å². The molecule has 7 atom stereocenters. The molecule has 3 fully saturated rings. The average molecular weight is 683 g/mol. The number of para-hydroxylation sites is 1. The van der Waals surface area contributed by atoms with Gasteiger partial charge in [0.2, 0.25) is 17.7 Å². The van der Waals surface area contributed by atoms with Gasteiger partial charge in [-0.2, -0.15) is 0 Å². The molecule has 0 radical (unpaired) electrons. The fourth-order valence-corrected chi connectivity index (χ4v) is 9.50. The minimum atomic E-state index is -0.771. The van der Waals surface area contributed by atoms with E-state index in [-0.39, 0.29) is 23.1 Å². The van der Waals surface area contributed by atoms with Crippen LogP contribution < -0.4 is 32.7 Å². The van der Waals surface area contributed by atoms with Crippen LogP contribution in [0.3, 0.4) is 0 Å². The monoisotopic (exact) mass is 682 g/mol. The van der Waals surface area contributed by atoms with Crippen LogP contribution in [0, 0.1) is 11.8 Å². The van der Waals surface area contributed by atoms with Crippen molar-refractivity contribution in [1.82, 2.24) is 31.2 Å². The summed E-state index contributed by atoms with van der Waals surface area (Å²) in [7, 11) is 1.71. The van der Waals surface area contributed by atoms with Crippen LogP contribution in [-0.2, 0) is 20.8 Å². The highest BCUT2D eigenvalue weighted by molar-refractivity contribution is 8.00. The van der Waals surface area contributed by atoms with Gasteiger partial charge in [0.05, 0.1) is 11.4 Å². The van der Waals surface area contributed by atoms with Crippen LogP contribution in [0.5, 0.6) is 0 Å². The number of carbonyl (C=O) groups is 3. The second-order valence-electron chi connectivity index (χ2n) is 14.0. The Kier molecular flexibility index (Phi) is 14.0. The second-order valence-corrected chi connectivity index (χ2v) is 15.4. The first-order valence-electron chi connectivity index (χ1n) is 18.3. The number of fused-ring (bicyclic) bond motifs is 3. The highest BCUT2D eigenvalue weighted by Gasteiger charge is 2.37. The Morgan fingerprint density at radius 2 is 1.62 bits per heavy atom. The van der Waals surface area contributed by atoms with Crippen LogP contribution >= 0.6 is 11.8 Å². The number of amides is 3. The molecule has 5 rings (SSSR count). The van der Waals surface area contributed by atoms with Crippen molar-refractivity contribution in [3.63, 3.8) is 0 Å². The van der Waals surface area contributed by atoms with Crippen LogP contribution in [0.2, 0.25) is 0 Å². The Morgan fingerprint density at radius 3 is 2.46 bits per heavy atom. The molecule has 3 aliphatic rings. The summed E-state index contributed by atoms with van der Waals surface area (Å²) in [5.74, 6) is 0.131. The summed E-state index contributed by atoms with van der Waals surface area (Å²) in [6.45, 7) is 3.31. The van der Waals surface area contributed by atoms with Crippen molar-refractivity contribution < 1.29 is 14.4 Å². The van der Waals surface area contributed by atoms with Crippen molar-refractivity contribution >= 4 is 40.4 Å². The predicted molar refractivity (Wildman–Crippen MR) is 194 cm³/mol. The lowest BCUT2D eigenvalue weighted by atomic mass is 9.88. The van der Waals surface area contributed by atoms with E-state index in [4.69, 9.17) is 11.5 Å². The Hall–Kier alpha value is -2.64. The molecule has 1 aromatic heterocycles. The molecule has 1 aromatic carbocycles. The zero-order chi connectivity index (χ0) is 33.9. The molecule has 9 N–H and O–H groups in total. The summed E-state index contributed by atoms with van der Waals surface area (Å²) < 4.78 is 0. The van der Waals surface area contributed by atoms with Gasteiger partial charge < -0.3 is 42.6 Å². The highest BCUT2D eigenvalue weighted by Crippen LogP contribution is 2.38. The third-order valence-electron chi connectivity index (χ3n) is 10.6. The van der Waals surface area contributed by atoms with E-state index in [1.54, 1.807) is 11.9 Å². The van der Waals surface area contributed by atoms with Crippen LogP contribution in [0.15, 0.2) is 30.5 Å². The van der Waals surface area contributed by atoms with E-state index >= 15 is 0 Å². The molecule has 48 heavy (non-hydrogen) atoms. The van der Waals surface area contributed by atoms with Crippen molar-refractivity contribution in [2.75, 3.05) is 39.8 Å². The summed E-state index contributed by atoms with van der Waals surface area (Å²) in [6.07, 6.45) is 12.3. The number of nitrogens with two attached hydrogens (primary N) is 2. The molecular formula is C36H58N8O3S. The van der Waals surface area contributed by atoms with E-state index in [1.165, 1.54) is 12.8 Å². The number of hydrogen-bond acceptors (Lipinski definition) is 8. The van der Waals surface area contributed by atoms with Gasteiger partial charge in [-0.25, -0.2) is 0 Å². The van der Waals surface area contributed by atoms with Crippen LogP contribution in [0.1, 0.15) is 76.2 Å². The minimum Gasteiger partial charge on any atom is -0.361 e. The second kappa shape index (κ2) is 18.4. The van der Waals surface area contributed by atoms with E-state index in [0.29, 0.717) is 68.8 Å². The van der Waals surface area contributed by atoms with Gasteiger partial charge >= 0.3 is 0 Å². The maximum Gasteiger partial charge on any atom is 0.245 e. The number of hydrogen-bond donors (Lipinski definition) is 7. The van der Waals surface area contributed by atoms with Gasteiger partial charge in [-0.15, -0.1) is 11.8 Å². The van der Waals surface area contributed by atoms with Gasteiger partial charge in [-0.05, 0) is 101 Å². The zero-order valence-corrected chi connectivity index (χ0v) is 29.5. The Balaban J connectivity index is 1.47. The molecule has 1 aliphatic carbocycles. The number of likely N-dealkylation sites (N-methyl/N-ethyl adjacent to an activating group) is 1. The Morgan fingerprint density at radius 1 is 0.854 bits per heavy atom. The van der Waals surface area contributed by atoms with E-state index in [9.17, 15) is 14.4 Å². The number of rotatable bonds is 9. The zero-order valence-electron chi connectivity index (χ0n) is 28.7. The quantitative estimate of drug-likeness (QED) is 0.198. The van der Waals surface area contributed by atoms with Gasteiger partial charge in [0.15, 0.2) is 0 Å². The Bertz CT molecular complexity index is 1340. The number of nitrogens with one attached hydrogen (secondary N) is 5. The maximum absolute atomic E-state index is 14.4. The molecule has 0 bridgehead atoms. The third-order valence-corrected chi connectivity index (χ3v) is 12.4. The van der Waals surface area contributed by atoms with Crippen LogP contribution in [0.4, 0.5) is 0 Å². The van der Waals surface area contributed by atoms with Gasteiger partial charge in [-0.3, -0.25) is 14.4 Å². The molecule has 2 aromatic rings. The smallest absolute Gasteiger partial charge is 0.245 e. The lowest BCUT2D eigenvalue weighted by Crippen LogP contribution is -2.57. The minimum absolute atomic E-state index is 0.155. The topological polar surface area (TPSA) is 170 Å². The fraction of sp³-hybridized carbons (Fsp3) is 0.694. The highest BCUT2D eigenvalue weighted by atomic mass is 32.2. The largest absolute Gasteiger partial charge is 0.361 e. The molecule has 2 saturated heterocycles. The summed E-state index contributed by atoms with van der Waals surface area (Å²) >= 11 is 2.04. The van der Waals surface area contributed by atoms with E-state index in [1.807, 2.05) is 42.2 Å². The van der Waals surface area contributed by atoms with E-state index in [2.05, 4.69) is 26.3 Å². The van der Waals surface area contributed by atoms with Gasteiger partial charge in [0.1, 0.15) is 12.1 Å². The summed E-state index contributed by atoms with van der Waals surface area (Å²) in [5.41, 5.74) is 13.7. The standard InChI is InChI=1S/C36H58N8O3S/c1-44-31(20-26-23-40-28-13-4-3-12-27(26)28)34(46)42-21-24-10-2-5-16-32(24)48-35-25(11-9-19-39-35)22-41-29(15-8-18-38)33(45)43-30(36(44)47)14-6-7-17-37/h3-4,12-13,23-25,29-32,35,39-41H,2,5-11,14-22,37-38H2,1H3,(H,42,46)(H,43,45)/t24?,25?,29-,30-,31-,32?,35?/m0/s1. The number of unbranched alkanes of at least 4 members (excludes halogenated alkanes) is 1. The number of benzene rings is 1. The van der Waals surface area contributed by atoms with Crippen LogP contribution in [0.25, 0.3) is 10.9 Å². The SMILES string of the molecule is CN1C(=O)[C@H](CCCCN)NC(=O)[C@H](CCCN)NCC2CCCNC2SC2CCCCC2CNC(=O)[C@@H]1Cc1c[nH]c2ccccc12. The summed E-state index contributed by atoms with van der Waals surface area (Å²) in [6, 6.07) is 6.05.